The van der Waals surface area contributed by atoms with Crippen molar-refractivity contribution >= 4 is 5.97 Å². The third kappa shape index (κ3) is 3.93. The zero-order valence-corrected chi connectivity index (χ0v) is 12.2. The van der Waals surface area contributed by atoms with Crippen LogP contribution >= 0.6 is 0 Å². The second-order valence-corrected chi connectivity index (χ2v) is 6.33. The molecule has 0 amide bonds. The Morgan fingerprint density at radius 3 is 2.16 bits per heavy atom. The number of rotatable bonds is 2. The molecule has 2 unspecified atom stereocenters. The summed E-state index contributed by atoms with van der Waals surface area (Å²) in [5, 5.41) is 0. The van der Waals surface area contributed by atoms with Crippen molar-refractivity contribution in [2.75, 3.05) is 0 Å². The standard InChI is InChI=1S/C15H27NO3/c1-11-9-13(10-12(2)18-11)19-14(17)15(16)7-5-3-4-6-8-15/h11-13H,3-10,16H2,1-2H3. The highest BCUT2D eigenvalue weighted by Gasteiger charge is 2.38. The number of ether oxygens (including phenoxy) is 2. The summed E-state index contributed by atoms with van der Waals surface area (Å²) in [6.07, 6.45) is 7.80. The molecule has 0 bridgehead atoms. The molecule has 19 heavy (non-hydrogen) atoms. The number of esters is 1. The molecular formula is C15H27NO3. The summed E-state index contributed by atoms with van der Waals surface area (Å²) in [6, 6.07) is 0. The Morgan fingerprint density at radius 2 is 1.63 bits per heavy atom. The van der Waals surface area contributed by atoms with E-state index in [9.17, 15) is 4.79 Å². The van der Waals surface area contributed by atoms with Crippen LogP contribution in [0.4, 0.5) is 0 Å². The summed E-state index contributed by atoms with van der Waals surface area (Å²) in [6.45, 7) is 4.06. The molecule has 1 saturated heterocycles. The van der Waals surface area contributed by atoms with E-state index in [0.717, 1.165) is 38.5 Å². The second kappa shape index (κ2) is 6.23. The molecule has 2 fully saturated rings. The largest absolute Gasteiger partial charge is 0.461 e. The van der Waals surface area contributed by atoms with Crippen molar-refractivity contribution in [1.82, 2.24) is 0 Å². The SMILES string of the molecule is CC1CC(OC(=O)C2(N)CCCCCC2)CC(C)O1. The summed E-state index contributed by atoms with van der Waals surface area (Å²) in [5.74, 6) is -0.194. The fraction of sp³-hybridized carbons (Fsp3) is 0.933. The van der Waals surface area contributed by atoms with E-state index in [0.29, 0.717) is 0 Å². The van der Waals surface area contributed by atoms with Gasteiger partial charge in [0.1, 0.15) is 11.6 Å². The van der Waals surface area contributed by atoms with Crippen LogP contribution in [0.2, 0.25) is 0 Å². The van der Waals surface area contributed by atoms with Crippen molar-refractivity contribution in [3.63, 3.8) is 0 Å². The molecule has 0 aromatic heterocycles. The minimum atomic E-state index is -0.749. The number of carbonyl (C=O) groups excluding carboxylic acids is 1. The van der Waals surface area contributed by atoms with Gasteiger partial charge in [0.05, 0.1) is 12.2 Å². The lowest BCUT2D eigenvalue weighted by molar-refractivity contribution is -0.166. The normalized spacial score (nSPS) is 35.4. The van der Waals surface area contributed by atoms with Crippen LogP contribution in [-0.4, -0.2) is 29.8 Å². The maximum absolute atomic E-state index is 12.4. The fourth-order valence-corrected chi connectivity index (χ4v) is 3.27. The molecule has 1 aliphatic carbocycles. The number of hydrogen-bond acceptors (Lipinski definition) is 4. The van der Waals surface area contributed by atoms with Crippen molar-refractivity contribution in [3.8, 4) is 0 Å². The predicted octanol–water partition coefficient (Wildman–Crippen LogP) is 2.54. The lowest BCUT2D eigenvalue weighted by atomic mass is 9.91. The van der Waals surface area contributed by atoms with Gasteiger partial charge in [0.25, 0.3) is 0 Å². The quantitative estimate of drug-likeness (QED) is 0.618. The summed E-state index contributed by atoms with van der Waals surface area (Å²) >= 11 is 0. The van der Waals surface area contributed by atoms with E-state index >= 15 is 0 Å². The van der Waals surface area contributed by atoms with Gasteiger partial charge in [0, 0.05) is 12.8 Å². The van der Waals surface area contributed by atoms with Gasteiger partial charge in [-0.25, -0.2) is 0 Å². The number of nitrogens with two attached hydrogens (primary N) is 1. The van der Waals surface area contributed by atoms with E-state index < -0.39 is 5.54 Å². The maximum atomic E-state index is 12.4. The van der Waals surface area contributed by atoms with Crippen LogP contribution in [0.5, 0.6) is 0 Å². The Kier molecular flexibility index (Phi) is 4.85. The molecule has 0 aromatic carbocycles. The molecule has 4 heteroatoms. The molecule has 2 aliphatic rings. The van der Waals surface area contributed by atoms with E-state index in [-0.39, 0.29) is 24.3 Å². The Hall–Kier alpha value is -0.610. The molecule has 110 valence electrons. The fourth-order valence-electron chi connectivity index (χ4n) is 3.27. The van der Waals surface area contributed by atoms with Gasteiger partial charge in [-0.15, -0.1) is 0 Å². The highest BCUT2D eigenvalue weighted by atomic mass is 16.6. The highest BCUT2D eigenvalue weighted by Crippen LogP contribution is 2.28. The zero-order chi connectivity index (χ0) is 13.9. The Labute approximate surface area is 116 Å². The van der Waals surface area contributed by atoms with Crippen molar-refractivity contribution in [3.05, 3.63) is 0 Å². The van der Waals surface area contributed by atoms with E-state index in [4.69, 9.17) is 15.2 Å². The Bertz CT molecular complexity index is 301. The molecule has 0 radical (unpaired) electrons. The number of carbonyl (C=O) groups is 1. The maximum Gasteiger partial charge on any atom is 0.326 e. The first-order valence-corrected chi connectivity index (χ1v) is 7.65. The van der Waals surface area contributed by atoms with Gasteiger partial charge in [-0.3, -0.25) is 4.79 Å². The molecule has 2 atom stereocenters. The van der Waals surface area contributed by atoms with Crippen molar-refractivity contribution in [2.45, 2.75) is 89.1 Å². The molecular weight excluding hydrogens is 242 g/mol. The van der Waals surface area contributed by atoms with Crippen molar-refractivity contribution in [1.29, 1.82) is 0 Å². The van der Waals surface area contributed by atoms with Gasteiger partial charge in [0.15, 0.2) is 0 Å². The summed E-state index contributed by atoms with van der Waals surface area (Å²) in [7, 11) is 0. The van der Waals surface area contributed by atoms with E-state index in [1.165, 1.54) is 12.8 Å². The molecule has 1 heterocycles. The molecule has 1 saturated carbocycles. The number of hydrogen-bond donors (Lipinski definition) is 1. The van der Waals surface area contributed by atoms with E-state index in [1.807, 2.05) is 13.8 Å². The van der Waals surface area contributed by atoms with Gasteiger partial charge in [-0.05, 0) is 26.7 Å². The van der Waals surface area contributed by atoms with Gasteiger partial charge in [0.2, 0.25) is 0 Å². The van der Waals surface area contributed by atoms with Gasteiger partial charge in [-0.2, -0.15) is 0 Å². The first kappa shape index (κ1) is 14.8. The van der Waals surface area contributed by atoms with E-state index in [2.05, 4.69) is 0 Å². The molecule has 2 N–H and O–H groups in total. The van der Waals surface area contributed by atoms with E-state index in [1.54, 1.807) is 0 Å². The van der Waals surface area contributed by atoms with Crippen molar-refractivity contribution < 1.29 is 14.3 Å². The van der Waals surface area contributed by atoms with Gasteiger partial charge in [-0.1, -0.05) is 25.7 Å². The minimum Gasteiger partial charge on any atom is -0.461 e. The lowest BCUT2D eigenvalue weighted by Gasteiger charge is -2.34. The first-order chi connectivity index (χ1) is 8.99. The Balaban J connectivity index is 1.92. The van der Waals surface area contributed by atoms with Gasteiger partial charge < -0.3 is 15.2 Å². The van der Waals surface area contributed by atoms with Crippen LogP contribution in [0, 0.1) is 0 Å². The summed E-state index contributed by atoms with van der Waals surface area (Å²) in [5.41, 5.74) is 5.53. The monoisotopic (exact) mass is 269 g/mol. The third-order valence-corrected chi connectivity index (χ3v) is 4.33. The highest BCUT2D eigenvalue weighted by molar-refractivity contribution is 5.80. The van der Waals surface area contributed by atoms with Crippen LogP contribution in [0.1, 0.15) is 65.2 Å². The Morgan fingerprint density at radius 1 is 1.11 bits per heavy atom. The topological polar surface area (TPSA) is 61.5 Å². The smallest absolute Gasteiger partial charge is 0.326 e. The van der Waals surface area contributed by atoms with Gasteiger partial charge >= 0.3 is 5.97 Å². The van der Waals surface area contributed by atoms with Crippen LogP contribution in [0.15, 0.2) is 0 Å². The zero-order valence-electron chi connectivity index (χ0n) is 12.2. The summed E-state index contributed by atoms with van der Waals surface area (Å²) < 4.78 is 11.4. The average molecular weight is 269 g/mol. The van der Waals surface area contributed by atoms with Crippen LogP contribution in [0.25, 0.3) is 0 Å². The third-order valence-electron chi connectivity index (χ3n) is 4.33. The molecule has 0 spiro atoms. The minimum absolute atomic E-state index is 0.0325. The molecule has 1 aliphatic heterocycles. The first-order valence-electron chi connectivity index (χ1n) is 7.65. The lowest BCUT2D eigenvalue weighted by Crippen LogP contribution is -2.50. The molecule has 2 rings (SSSR count). The van der Waals surface area contributed by atoms with Crippen LogP contribution in [-0.2, 0) is 14.3 Å². The predicted molar refractivity (Wildman–Crippen MR) is 73.7 cm³/mol. The molecule has 4 nitrogen and oxygen atoms in total. The summed E-state index contributed by atoms with van der Waals surface area (Å²) in [4.78, 5) is 12.4. The molecule has 0 aromatic rings. The van der Waals surface area contributed by atoms with Crippen molar-refractivity contribution in [2.24, 2.45) is 5.73 Å². The average Bonchev–Trinajstić information content (AvgIpc) is 2.53. The van der Waals surface area contributed by atoms with Crippen LogP contribution in [0.3, 0.4) is 0 Å². The van der Waals surface area contributed by atoms with Crippen LogP contribution < -0.4 is 5.73 Å². The second-order valence-electron chi connectivity index (χ2n) is 6.33.